The molecule has 0 aromatic heterocycles. The molecule has 0 fully saturated rings. The van der Waals surface area contributed by atoms with Gasteiger partial charge in [0.15, 0.2) is 0 Å². The van der Waals surface area contributed by atoms with Crippen LogP contribution in [0, 0.1) is 0 Å². The molecule has 3 nitrogen and oxygen atoms in total. The van der Waals surface area contributed by atoms with Gasteiger partial charge >= 0.3 is 5.97 Å². The lowest BCUT2D eigenvalue weighted by atomic mass is 9.97. The van der Waals surface area contributed by atoms with Crippen molar-refractivity contribution < 1.29 is 14.3 Å². The molecule has 0 bridgehead atoms. The Bertz CT molecular complexity index is 1150. The molecule has 0 aliphatic rings. The fraction of sp³-hybridized carbons (Fsp3) is 0.148. The van der Waals surface area contributed by atoms with Crippen LogP contribution in [0.1, 0.15) is 17.5 Å². The third-order valence-corrected chi connectivity index (χ3v) is 5.19. The summed E-state index contributed by atoms with van der Waals surface area (Å²) in [6, 6.07) is 31.0. The van der Waals surface area contributed by atoms with Crippen molar-refractivity contribution in [2.24, 2.45) is 0 Å². The topological polar surface area (TPSA) is 35.5 Å². The quantitative estimate of drug-likeness (QED) is 0.349. The Morgan fingerprint density at radius 1 is 0.767 bits per heavy atom. The number of fused-ring (bicyclic) bond motifs is 1. The van der Waals surface area contributed by atoms with Crippen LogP contribution in [0.3, 0.4) is 0 Å². The maximum atomic E-state index is 11.6. The molecule has 0 aliphatic heterocycles. The number of hydrogen-bond donors (Lipinski definition) is 0. The molecule has 30 heavy (non-hydrogen) atoms. The Balaban J connectivity index is 1.68. The van der Waals surface area contributed by atoms with Gasteiger partial charge in [-0.3, -0.25) is 4.79 Å². The van der Waals surface area contributed by atoms with Gasteiger partial charge in [-0.25, -0.2) is 0 Å². The summed E-state index contributed by atoms with van der Waals surface area (Å²) in [5.74, 6) is 0.627. The van der Waals surface area contributed by atoms with Crippen molar-refractivity contribution in [3.8, 4) is 16.9 Å². The van der Waals surface area contributed by atoms with Crippen molar-refractivity contribution in [3.63, 3.8) is 0 Å². The molecule has 0 N–H and O–H groups in total. The number of ether oxygens (including phenoxy) is 2. The normalized spacial score (nSPS) is 10.7. The lowest BCUT2D eigenvalue weighted by molar-refractivity contribution is -0.140. The Morgan fingerprint density at radius 2 is 1.53 bits per heavy atom. The summed E-state index contributed by atoms with van der Waals surface area (Å²) in [5.41, 5.74) is 4.32. The van der Waals surface area contributed by atoms with Crippen LogP contribution >= 0.6 is 0 Å². The highest BCUT2D eigenvalue weighted by Gasteiger charge is 2.11. The van der Waals surface area contributed by atoms with Gasteiger partial charge in [0, 0.05) is 12.0 Å². The highest BCUT2D eigenvalue weighted by atomic mass is 16.5. The van der Waals surface area contributed by atoms with Crippen molar-refractivity contribution in [1.82, 2.24) is 0 Å². The van der Waals surface area contributed by atoms with E-state index in [9.17, 15) is 4.79 Å². The van der Waals surface area contributed by atoms with Gasteiger partial charge in [0.1, 0.15) is 12.4 Å². The van der Waals surface area contributed by atoms with Crippen LogP contribution in [0.4, 0.5) is 0 Å². The molecule has 0 aliphatic carbocycles. The Labute approximate surface area is 176 Å². The zero-order valence-electron chi connectivity index (χ0n) is 17.0. The third-order valence-electron chi connectivity index (χ3n) is 5.19. The monoisotopic (exact) mass is 396 g/mol. The van der Waals surface area contributed by atoms with Crippen LogP contribution in [-0.2, 0) is 22.6 Å². The molecule has 4 aromatic rings. The van der Waals surface area contributed by atoms with E-state index in [2.05, 4.69) is 48.5 Å². The van der Waals surface area contributed by atoms with E-state index in [1.54, 1.807) is 0 Å². The molecule has 4 aromatic carbocycles. The van der Waals surface area contributed by atoms with Crippen LogP contribution in [0.15, 0.2) is 91.0 Å². The van der Waals surface area contributed by atoms with Crippen molar-refractivity contribution >= 4 is 16.7 Å². The first-order valence-corrected chi connectivity index (χ1v) is 10.1. The van der Waals surface area contributed by atoms with E-state index >= 15 is 0 Å². The number of rotatable bonds is 7. The molecule has 0 saturated carbocycles. The van der Waals surface area contributed by atoms with Gasteiger partial charge in [0.2, 0.25) is 0 Å². The molecular formula is C27H24O3. The number of hydrogen-bond acceptors (Lipinski definition) is 3. The second-order valence-corrected chi connectivity index (χ2v) is 7.24. The summed E-state index contributed by atoms with van der Waals surface area (Å²) < 4.78 is 11.0. The SMILES string of the molecule is COC(=O)CCc1ccc(OCc2ccccc2)c(-c2ccc3ccccc3c2)c1. The van der Waals surface area contributed by atoms with Gasteiger partial charge in [0.25, 0.3) is 0 Å². The van der Waals surface area contributed by atoms with E-state index in [0.717, 1.165) is 28.0 Å². The second kappa shape index (κ2) is 9.27. The molecule has 3 heteroatoms. The van der Waals surface area contributed by atoms with Crippen molar-refractivity contribution in [1.29, 1.82) is 0 Å². The predicted octanol–water partition coefficient (Wildman–Crippen LogP) is 6.19. The van der Waals surface area contributed by atoms with Gasteiger partial charge in [-0.15, -0.1) is 0 Å². The Hall–Kier alpha value is -3.59. The number of benzene rings is 4. The molecule has 0 saturated heterocycles. The highest BCUT2D eigenvalue weighted by molar-refractivity contribution is 5.88. The lowest BCUT2D eigenvalue weighted by Crippen LogP contribution is -2.02. The van der Waals surface area contributed by atoms with Crippen LogP contribution in [-0.4, -0.2) is 13.1 Å². The summed E-state index contributed by atoms with van der Waals surface area (Å²) in [5, 5.41) is 2.39. The van der Waals surface area contributed by atoms with Gasteiger partial charge < -0.3 is 9.47 Å². The number of carbonyl (C=O) groups excluding carboxylic acids is 1. The second-order valence-electron chi connectivity index (χ2n) is 7.24. The van der Waals surface area contributed by atoms with Crippen molar-refractivity contribution in [2.45, 2.75) is 19.4 Å². The van der Waals surface area contributed by atoms with E-state index in [0.29, 0.717) is 19.4 Å². The minimum absolute atomic E-state index is 0.202. The van der Waals surface area contributed by atoms with Gasteiger partial charge in [-0.1, -0.05) is 72.8 Å². The first kappa shape index (κ1) is 19.7. The smallest absolute Gasteiger partial charge is 0.305 e. The average Bonchev–Trinajstić information content (AvgIpc) is 2.81. The number of esters is 1. The summed E-state index contributed by atoms with van der Waals surface area (Å²) in [6.45, 7) is 0.503. The first-order chi connectivity index (χ1) is 14.7. The van der Waals surface area contributed by atoms with Crippen LogP contribution < -0.4 is 4.74 Å². The van der Waals surface area contributed by atoms with Crippen LogP contribution in [0.25, 0.3) is 21.9 Å². The molecule has 0 unspecified atom stereocenters. The molecule has 0 atom stereocenters. The van der Waals surface area contributed by atoms with E-state index < -0.39 is 0 Å². The van der Waals surface area contributed by atoms with Gasteiger partial charge in [-0.05, 0) is 52.1 Å². The molecule has 0 radical (unpaired) electrons. The van der Waals surface area contributed by atoms with Crippen LogP contribution in [0.5, 0.6) is 5.75 Å². The molecule has 4 rings (SSSR count). The summed E-state index contributed by atoms with van der Waals surface area (Å²) in [7, 11) is 1.42. The van der Waals surface area contributed by atoms with Crippen LogP contribution in [0.2, 0.25) is 0 Å². The molecule has 150 valence electrons. The van der Waals surface area contributed by atoms with E-state index in [4.69, 9.17) is 9.47 Å². The largest absolute Gasteiger partial charge is 0.488 e. The first-order valence-electron chi connectivity index (χ1n) is 10.1. The average molecular weight is 396 g/mol. The van der Waals surface area contributed by atoms with E-state index in [1.807, 2.05) is 42.5 Å². The van der Waals surface area contributed by atoms with Crippen molar-refractivity contribution in [2.75, 3.05) is 7.11 Å². The maximum Gasteiger partial charge on any atom is 0.305 e. The minimum atomic E-state index is -0.202. The standard InChI is InChI=1S/C27H24O3/c1-29-27(28)16-12-20-11-15-26(30-19-21-7-3-2-4-8-21)25(17-20)24-14-13-22-9-5-6-10-23(22)18-24/h2-11,13-15,17-18H,12,16,19H2,1H3. The summed E-state index contributed by atoms with van der Waals surface area (Å²) in [4.78, 5) is 11.6. The number of carbonyl (C=O) groups is 1. The summed E-state index contributed by atoms with van der Waals surface area (Å²) >= 11 is 0. The van der Waals surface area contributed by atoms with Gasteiger partial charge in [0.05, 0.1) is 7.11 Å². The van der Waals surface area contributed by atoms with E-state index in [-0.39, 0.29) is 5.97 Å². The zero-order chi connectivity index (χ0) is 20.8. The Morgan fingerprint density at radius 3 is 2.33 bits per heavy atom. The fourth-order valence-corrected chi connectivity index (χ4v) is 3.52. The summed E-state index contributed by atoms with van der Waals surface area (Å²) in [6.07, 6.45) is 0.990. The number of aryl methyl sites for hydroxylation is 1. The lowest BCUT2D eigenvalue weighted by Gasteiger charge is -2.14. The molecule has 0 heterocycles. The fourth-order valence-electron chi connectivity index (χ4n) is 3.52. The van der Waals surface area contributed by atoms with E-state index in [1.165, 1.54) is 17.9 Å². The number of methoxy groups -OCH3 is 1. The van der Waals surface area contributed by atoms with Crippen molar-refractivity contribution in [3.05, 3.63) is 102 Å². The molecule has 0 amide bonds. The molecule has 0 spiro atoms. The zero-order valence-corrected chi connectivity index (χ0v) is 17.0. The third kappa shape index (κ3) is 4.69. The molecular weight excluding hydrogens is 372 g/mol. The minimum Gasteiger partial charge on any atom is -0.488 e. The van der Waals surface area contributed by atoms with Gasteiger partial charge in [-0.2, -0.15) is 0 Å². The maximum absolute atomic E-state index is 11.6. The Kier molecular flexibility index (Phi) is 6.09. The highest BCUT2D eigenvalue weighted by Crippen LogP contribution is 2.34. The predicted molar refractivity (Wildman–Crippen MR) is 120 cm³/mol.